The van der Waals surface area contributed by atoms with Crippen LogP contribution < -0.4 is 0 Å². The highest BCUT2D eigenvalue weighted by atomic mass is 35.5. The molecule has 0 radical (unpaired) electrons. The van der Waals surface area contributed by atoms with Gasteiger partial charge in [0.15, 0.2) is 0 Å². The summed E-state index contributed by atoms with van der Waals surface area (Å²) in [5.41, 5.74) is 0.881. The molecule has 4 heteroatoms. The predicted octanol–water partition coefficient (Wildman–Crippen LogP) is 3.69. The van der Waals surface area contributed by atoms with E-state index in [4.69, 9.17) is 16.3 Å². The first-order valence-corrected chi connectivity index (χ1v) is 6.87. The van der Waals surface area contributed by atoms with Gasteiger partial charge in [-0.3, -0.25) is 0 Å². The summed E-state index contributed by atoms with van der Waals surface area (Å²) in [5.74, 6) is 0.499. The number of nitrogens with zero attached hydrogens (tertiary/aromatic N) is 1. The zero-order valence-corrected chi connectivity index (χ0v) is 10.5. The average molecular weight is 246 g/mol. The minimum absolute atomic E-state index is 0.0935. The van der Waals surface area contributed by atoms with Crippen molar-refractivity contribution in [2.24, 2.45) is 0 Å². The number of halogens is 1. The summed E-state index contributed by atoms with van der Waals surface area (Å²) in [6.07, 6.45) is 4.71. The Bertz CT molecular complexity index is 320. The number of thiazole rings is 1. The first-order chi connectivity index (χ1) is 7.30. The van der Waals surface area contributed by atoms with Crippen molar-refractivity contribution in [2.75, 3.05) is 6.61 Å². The molecule has 0 N–H and O–H groups in total. The first kappa shape index (κ1) is 11.4. The number of aromatic nitrogens is 1. The van der Waals surface area contributed by atoms with Crippen LogP contribution in [0.15, 0.2) is 5.38 Å². The SMILES string of the molecule is CCOC1(c2nc(CCl)cs2)CCCC1. The molecule has 84 valence electrons. The molecule has 1 heterocycles. The zero-order chi connectivity index (χ0) is 10.7. The highest BCUT2D eigenvalue weighted by molar-refractivity contribution is 7.09. The molecule has 1 saturated carbocycles. The van der Waals surface area contributed by atoms with Crippen molar-refractivity contribution in [1.82, 2.24) is 4.98 Å². The third-order valence-electron chi connectivity index (χ3n) is 2.91. The average Bonchev–Trinajstić information content (AvgIpc) is 2.85. The second-order valence-corrected chi connectivity index (χ2v) is 5.04. The molecule has 1 aromatic rings. The highest BCUT2D eigenvalue weighted by Gasteiger charge is 2.38. The molecular weight excluding hydrogens is 230 g/mol. The molecule has 0 unspecified atom stereocenters. The third kappa shape index (κ3) is 2.19. The van der Waals surface area contributed by atoms with Gasteiger partial charge in [0.05, 0.1) is 11.6 Å². The van der Waals surface area contributed by atoms with Crippen LogP contribution in [0.1, 0.15) is 43.3 Å². The Balaban J connectivity index is 2.23. The lowest BCUT2D eigenvalue weighted by Crippen LogP contribution is -2.26. The van der Waals surface area contributed by atoms with Crippen molar-refractivity contribution in [2.45, 2.75) is 44.1 Å². The second-order valence-electron chi connectivity index (χ2n) is 3.91. The van der Waals surface area contributed by atoms with Gasteiger partial charge < -0.3 is 4.74 Å². The Morgan fingerprint density at radius 2 is 2.27 bits per heavy atom. The standard InChI is InChI=1S/C11H16ClNOS/c1-2-14-11(5-3-4-6-11)10-13-9(7-12)8-15-10/h8H,2-7H2,1H3. The molecule has 2 rings (SSSR count). The van der Waals surface area contributed by atoms with E-state index >= 15 is 0 Å². The van der Waals surface area contributed by atoms with Crippen LogP contribution in [-0.2, 0) is 16.2 Å². The molecule has 1 fully saturated rings. The second kappa shape index (κ2) is 4.81. The third-order valence-corrected chi connectivity index (χ3v) is 4.26. The lowest BCUT2D eigenvalue weighted by atomic mass is 10.0. The van der Waals surface area contributed by atoms with E-state index in [-0.39, 0.29) is 5.60 Å². The monoisotopic (exact) mass is 245 g/mol. The van der Waals surface area contributed by atoms with Crippen molar-refractivity contribution in [1.29, 1.82) is 0 Å². The van der Waals surface area contributed by atoms with Crippen molar-refractivity contribution in [3.05, 3.63) is 16.1 Å². The molecule has 0 aliphatic heterocycles. The first-order valence-electron chi connectivity index (χ1n) is 5.45. The fraction of sp³-hybridized carbons (Fsp3) is 0.727. The number of hydrogen-bond acceptors (Lipinski definition) is 3. The maximum Gasteiger partial charge on any atom is 0.125 e. The molecule has 0 bridgehead atoms. The topological polar surface area (TPSA) is 22.1 Å². The van der Waals surface area contributed by atoms with Gasteiger partial charge in [-0.1, -0.05) is 12.8 Å². The van der Waals surface area contributed by atoms with Crippen molar-refractivity contribution in [3.63, 3.8) is 0 Å². The van der Waals surface area contributed by atoms with Crippen LogP contribution in [0.25, 0.3) is 0 Å². The Kier molecular flexibility index (Phi) is 3.65. The number of hydrogen-bond donors (Lipinski definition) is 0. The summed E-state index contributed by atoms with van der Waals surface area (Å²) in [4.78, 5) is 4.56. The summed E-state index contributed by atoms with van der Waals surface area (Å²) < 4.78 is 5.94. The largest absolute Gasteiger partial charge is 0.368 e. The lowest BCUT2D eigenvalue weighted by Gasteiger charge is -2.26. The molecule has 0 amide bonds. The summed E-state index contributed by atoms with van der Waals surface area (Å²) in [6, 6.07) is 0. The van der Waals surface area contributed by atoms with E-state index in [1.165, 1.54) is 12.8 Å². The molecule has 2 nitrogen and oxygen atoms in total. The molecule has 15 heavy (non-hydrogen) atoms. The lowest BCUT2D eigenvalue weighted by molar-refractivity contribution is -0.0391. The molecule has 0 spiro atoms. The number of ether oxygens (including phenoxy) is 1. The molecule has 1 aromatic heterocycles. The Labute approximate surface area is 99.6 Å². The van der Waals surface area contributed by atoms with E-state index in [1.54, 1.807) is 11.3 Å². The maximum atomic E-state index is 5.94. The van der Waals surface area contributed by atoms with Crippen molar-refractivity contribution < 1.29 is 4.74 Å². The summed E-state index contributed by atoms with van der Waals surface area (Å²) >= 11 is 7.46. The van der Waals surface area contributed by atoms with Gasteiger partial charge in [-0.15, -0.1) is 22.9 Å². The Hall–Kier alpha value is -0.120. The minimum Gasteiger partial charge on any atom is -0.368 e. The molecular formula is C11H16ClNOS. The number of rotatable bonds is 4. The highest BCUT2D eigenvalue weighted by Crippen LogP contribution is 2.43. The van der Waals surface area contributed by atoms with Gasteiger partial charge in [0, 0.05) is 12.0 Å². The van der Waals surface area contributed by atoms with Crippen LogP contribution in [0.2, 0.25) is 0 Å². The Morgan fingerprint density at radius 3 is 2.80 bits per heavy atom. The smallest absolute Gasteiger partial charge is 0.125 e. The quantitative estimate of drug-likeness (QED) is 0.755. The van der Waals surface area contributed by atoms with Gasteiger partial charge in [0.2, 0.25) is 0 Å². The van der Waals surface area contributed by atoms with E-state index in [1.807, 2.05) is 5.38 Å². The maximum absolute atomic E-state index is 5.94. The molecule has 1 aliphatic carbocycles. The summed E-state index contributed by atoms with van der Waals surface area (Å²) in [5, 5.41) is 3.17. The number of alkyl halides is 1. The van der Waals surface area contributed by atoms with Gasteiger partial charge in [-0.05, 0) is 19.8 Å². The molecule has 0 atom stereocenters. The molecule has 1 aliphatic rings. The normalized spacial score (nSPS) is 19.6. The van der Waals surface area contributed by atoms with Crippen LogP contribution in [0.5, 0.6) is 0 Å². The van der Waals surface area contributed by atoms with Crippen LogP contribution in [0.4, 0.5) is 0 Å². The van der Waals surface area contributed by atoms with Crippen LogP contribution in [0.3, 0.4) is 0 Å². The van der Waals surface area contributed by atoms with Crippen LogP contribution in [0, 0.1) is 0 Å². The zero-order valence-electron chi connectivity index (χ0n) is 8.96. The van der Waals surface area contributed by atoms with Crippen molar-refractivity contribution >= 4 is 22.9 Å². The van der Waals surface area contributed by atoms with Gasteiger partial charge in [0.1, 0.15) is 10.6 Å². The van der Waals surface area contributed by atoms with Gasteiger partial charge >= 0.3 is 0 Å². The van der Waals surface area contributed by atoms with Crippen molar-refractivity contribution in [3.8, 4) is 0 Å². The van der Waals surface area contributed by atoms with Crippen LogP contribution in [-0.4, -0.2) is 11.6 Å². The fourth-order valence-corrected chi connectivity index (χ4v) is 3.48. The van der Waals surface area contributed by atoms with Gasteiger partial charge in [-0.2, -0.15) is 0 Å². The molecule has 0 aromatic carbocycles. The van der Waals surface area contributed by atoms with E-state index in [0.717, 1.165) is 30.2 Å². The fourth-order valence-electron chi connectivity index (χ4n) is 2.22. The molecule has 0 saturated heterocycles. The van der Waals surface area contributed by atoms with E-state index in [9.17, 15) is 0 Å². The van der Waals surface area contributed by atoms with E-state index in [0.29, 0.717) is 5.88 Å². The van der Waals surface area contributed by atoms with Gasteiger partial charge in [-0.25, -0.2) is 4.98 Å². The van der Waals surface area contributed by atoms with Gasteiger partial charge in [0.25, 0.3) is 0 Å². The summed E-state index contributed by atoms with van der Waals surface area (Å²) in [7, 11) is 0. The predicted molar refractivity (Wildman–Crippen MR) is 63.4 cm³/mol. The summed E-state index contributed by atoms with van der Waals surface area (Å²) in [6.45, 7) is 2.81. The minimum atomic E-state index is -0.0935. The van der Waals surface area contributed by atoms with E-state index < -0.39 is 0 Å². The van der Waals surface area contributed by atoms with Crippen LogP contribution >= 0.6 is 22.9 Å². The Morgan fingerprint density at radius 1 is 1.53 bits per heavy atom. The van der Waals surface area contributed by atoms with E-state index in [2.05, 4.69) is 11.9 Å².